The first-order chi connectivity index (χ1) is 14.9. The molecule has 1 saturated carbocycles. The number of alkyl halides is 3. The molecule has 1 fully saturated rings. The fraction of sp³-hybridized carbons (Fsp3) is 0.421. The molecule has 0 unspecified atom stereocenters. The molecule has 32 heavy (non-hydrogen) atoms. The monoisotopic (exact) mass is 533 g/mol. The topological polar surface area (TPSA) is 98.9 Å². The van der Waals surface area contributed by atoms with Crippen LogP contribution in [0.25, 0.3) is 22.6 Å². The molecule has 3 aromatic rings. The van der Waals surface area contributed by atoms with Crippen molar-refractivity contribution in [3.63, 3.8) is 0 Å². The zero-order valence-electron chi connectivity index (χ0n) is 17.3. The number of halogens is 4. The number of aromatic nitrogens is 4. The van der Waals surface area contributed by atoms with Crippen LogP contribution in [0.5, 0.6) is 0 Å². The fourth-order valence-electron chi connectivity index (χ4n) is 3.62. The summed E-state index contributed by atoms with van der Waals surface area (Å²) in [6.07, 6.45) is -3.77. The van der Waals surface area contributed by atoms with Gasteiger partial charge in [0.05, 0.1) is 20.6 Å². The van der Waals surface area contributed by atoms with Crippen molar-refractivity contribution in [1.82, 2.24) is 19.1 Å². The zero-order chi connectivity index (χ0) is 23.6. The van der Waals surface area contributed by atoms with E-state index >= 15 is 0 Å². The summed E-state index contributed by atoms with van der Waals surface area (Å²) >= 11 is 3.27. The Morgan fingerprint density at radius 2 is 1.91 bits per heavy atom. The van der Waals surface area contributed by atoms with Gasteiger partial charge in [-0.1, -0.05) is 6.92 Å². The summed E-state index contributed by atoms with van der Waals surface area (Å²) < 4.78 is 69.0. The van der Waals surface area contributed by atoms with E-state index in [4.69, 9.17) is 0 Å². The maximum atomic E-state index is 13.7. The second-order valence-electron chi connectivity index (χ2n) is 7.48. The maximum absolute atomic E-state index is 13.7. The molecule has 3 heterocycles. The number of sulfone groups is 1. The highest BCUT2D eigenvalue weighted by molar-refractivity contribution is 9.10. The first-order valence-electron chi connectivity index (χ1n) is 9.71. The Labute approximate surface area is 189 Å². The Morgan fingerprint density at radius 3 is 2.44 bits per heavy atom. The Morgan fingerprint density at radius 1 is 1.25 bits per heavy atom. The molecule has 0 spiro atoms. The first kappa shape index (κ1) is 22.8. The summed E-state index contributed by atoms with van der Waals surface area (Å²) in [5.41, 5.74) is -2.15. The van der Waals surface area contributed by atoms with Crippen LogP contribution in [0.15, 0.2) is 26.3 Å². The summed E-state index contributed by atoms with van der Waals surface area (Å²) in [6.45, 7) is 1.47. The van der Waals surface area contributed by atoms with Crippen LogP contribution in [0.3, 0.4) is 0 Å². The molecule has 13 heteroatoms. The molecule has 1 N–H and O–H groups in total. The number of aryl methyl sites for hydroxylation is 1. The summed E-state index contributed by atoms with van der Waals surface area (Å²) in [7, 11) is -0.722. The molecule has 1 aliphatic carbocycles. The van der Waals surface area contributed by atoms with Crippen LogP contribution in [-0.2, 0) is 23.1 Å². The van der Waals surface area contributed by atoms with Crippen molar-refractivity contribution in [2.24, 2.45) is 7.05 Å². The maximum Gasteiger partial charge on any atom is 0.431 e. The van der Waals surface area contributed by atoms with Gasteiger partial charge in [-0.2, -0.15) is 13.2 Å². The van der Waals surface area contributed by atoms with Gasteiger partial charge in [0.25, 0.3) is 5.56 Å². The number of pyridine rings is 2. The predicted molar refractivity (Wildman–Crippen MR) is 116 cm³/mol. The molecular formula is C19H19BrF3N5O3S. The molecule has 0 aromatic carbocycles. The van der Waals surface area contributed by atoms with Gasteiger partial charge in [0.2, 0.25) is 0 Å². The first-order valence-corrected chi connectivity index (χ1v) is 12.2. The predicted octanol–water partition coefficient (Wildman–Crippen LogP) is 3.75. The van der Waals surface area contributed by atoms with Crippen molar-refractivity contribution in [2.75, 3.05) is 18.1 Å². The molecule has 172 valence electrons. The number of nitrogens with one attached hydrogen (secondary N) is 1. The van der Waals surface area contributed by atoms with Gasteiger partial charge < -0.3 is 9.88 Å². The molecule has 8 nitrogen and oxygen atoms in total. The molecule has 3 aromatic heterocycles. The molecule has 0 aliphatic heterocycles. The van der Waals surface area contributed by atoms with Crippen LogP contribution >= 0.6 is 15.9 Å². The Hall–Kier alpha value is -2.41. The van der Waals surface area contributed by atoms with Gasteiger partial charge in [-0.15, -0.1) is 0 Å². The van der Waals surface area contributed by atoms with Crippen molar-refractivity contribution < 1.29 is 21.6 Å². The van der Waals surface area contributed by atoms with Crippen LogP contribution in [-0.4, -0.2) is 40.3 Å². The molecule has 1 aliphatic rings. The van der Waals surface area contributed by atoms with Gasteiger partial charge in [-0.25, -0.2) is 18.4 Å². The second-order valence-corrected chi connectivity index (χ2v) is 10.6. The minimum atomic E-state index is -4.74. The molecule has 4 rings (SSSR count). The number of fused-ring (bicyclic) bond motifs is 1. The van der Waals surface area contributed by atoms with E-state index in [1.165, 1.54) is 24.6 Å². The minimum Gasteiger partial charge on any atom is -0.372 e. The average Bonchev–Trinajstić information content (AvgIpc) is 3.50. The number of anilines is 1. The Bertz CT molecular complexity index is 1410. The standard InChI is InChI=1S/C19H19BrF3N5O3S/c1-4-32(30,31)12-7-10(20)16(24-2)26-14(12)17-25-11-8-13(19(21,22)23)28(9-5-6-9)18(29)15(11)27(17)3/h7-9H,4-6H2,1-3H3,(H,24,26). The van der Waals surface area contributed by atoms with Crippen LogP contribution in [0.1, 0.15) is 31.5 Å². The van der Waals surface area contributed by atoms with Crippen molar-refractivity contribution in [2.45, 2.75) is 36.9 Å². The van der Waals surface area contributed by atoms with Gasteiger partial charge in [0.1, 0.15) is 22.7 Å². The number of hydrogen-bond acceptors (Lipinski definition) is 6. The van der Waals surface area contributed by atoms with Gasteiger partial charge in [0, 0.05) is 20.1 Å². The molecule has 0 atom stereocenters. The quantitative estimate of drug-likeness (QED) is 0.536. The van der Waals surface area contributed by atoms with Gasteiger partial charge in [-0.3, -0.25) is 9.36 Å². The lowest BCUT2D eigenvalue weighted by molar-refractivity contribution is -0.144. The van der Waals surface area contributed by atoms with Crippen LogP contribution in [0.2, 0.25) is 0 Å². The van der Waals surface area contributed by atoms with Crippen molar-refractivity contribution in [3.05, 3.63) is 32.7 Å². The van der Waals surface area contributed by atoms with Crippen molar-refractivity contribution in [3.8, 4) is 11.5 Å². The molecule has 0 radical (unpaired) electrons. The van der Waals surface area contributed by atoms with E-state index in [2.05, 4.69) is 31.2 Å². The van der Waals surface area contributed by atoms with Gasteiger partial charge in [0.15, 0.2) is 15.7 Å². The Balaban J connectivity index is 2.09. The Kier molecular flexibility index (Phi) is 5.39. The number of imidazole rings is 1. The largest absolute Gasteiger partial charge is 0.431 e. The smallest absolute Gasteiger partial charge is 0.372 e. The average molecular weight is 534 g/mol. The van der Waals surface area contributed by atoms with E-state index < -0.39 is 33.3 Å². The highest BCUT2D eigenvalue weighted by Crippen LogP contribution is 2.40. The van der Waals surface area contributed by atoms with E-state index in [0.29, 0.717) is 23.1 Å². The van der Waals surface area contributed by atoms with E-state index in [0.717, 1.165) is 10.6 Å². The van der Waals surface area contributed by atoms with E-state index in [1.54, 1.807) is 7.05 Å². The molecule has 0 saturated heterocycles. The number of nitrogens with zero attached hydrogens (tertiary/aromatic N) is 4. The van der Waals surface area contributed by atoms with Crippen LogP contribution in [0.4, 0.5) is 19.0 Å². The number of rotatable bonds is 5. The summed E-state index contributed by atoms with van der Waals surface area (Å²) in [4.78, 5) is 21.5. The van der Waals surface area contributed by atoms with Gasteiger partial charge in [-0.05, 0) is 40.9 Å². The lowest BCUT2D eigenvalue weighted by Crippen LogP contribution is -2.28. The fourth-order valence-corrected chi connectivity index (χ4v) is 5.33. The van der Waals surface area contributed by atoms with Crippen LogP contribution < -0.4 is 10.9 Å². The van der Waals surface area contributed by atoms with Gasteiger partial charge >= 0.3 is 6.18 Å². The van der Waals surface area contributed by atoms with E-state index in [1.807, 2.05) is 0 Å². The normalized spacial score (nSPS) is 14.8. The summed E-state index contributed by atoms with van der Waals surface area (Å²) in [5, 5.41) is 2.82. The zero-order valence-corrected chi connectivity index (χ0v) is 19.7. The third kappa shape index (κ3) is 3.60. The van der Waals surface area contributed by atoms with E-state index in [-0.39, 0.29) is 33.2 Å². The minimum absolute atomic E-state index is 0.0187. The molecule has 0 amide bonds. The van der Waals surface area contributed by atoms with E-state index in [9.17, 15) is 26.4 Å². The highest BCUT2D eigenvalue weighted by atomic mass is 79.9. The third-order valence-corrected chi connectivity index (χ3v) is 7.73. The summed E-state index contributed by atoms with van der Waals surface area (Å²) in [5.74, 6) is 0.0761. The number of hydrogen-bond donors (Lipinski definition) is 1. The van der Waals surface area contributed by atoms with Crippen molar-refractivity contribution in [1.29, 1.82) is 0 Å². The molecular weight excluding hydrogens is 515 g/mol. The highest BCUT2D eigenvalue weighted by Gasteiger charge is 2.40. The SMILES string of the molecule is CCS(=O)(=O)c1cc(Br)c(NC)nc1-c1nc2cc(C(F)(F)F)n(C3CC3)c(=O)c2n1C. The lowest BCUT2D eigenvalue weighted by atomic mass is 10.2. The summed E-state index contributed by atoms with van der Waals surface area (Å²) in [6, 6.07) is 1.69. The lowest BCUT2D eigenvalue weighted by Gasteiger charge is -2.15. The molecule has 0 bridgehead atoms. The van der Waals surface area contributed by atoms with Crippen LogP contribution in [0, 0.1) is 0 Å². The second kappa shape index (κ2) is 7.58. The third-order valence-electron chi connectivity index (χ3n) is 5.38. The van der Waals surface area contributed by atoms with Crippen molar-refractivity contribution >= 4 is 42.6 Å².